The van der Waals surface area contributed by atoms with Gasteiger partial charge in [-0.2, -0.15) is 0 Å². The molecule has 0 amide bonds. The van der Waals surface area contributed by atoms with Crippen LogP contribution in [-0.2, 0) is 0 Å². The van der Waals surface area contributed by atoms with E-state index in [4.69, 9.17) is 0 Å². The largest absolute Gasteiger partial charge is 0.507 e. The number of aliphatic imine (C=N–C) groups is 1. The summed E-state index contributed by atoms with van der Waals surface area (Å²) >= 11 is 0. The monoisotopic (exact) mass is 248 g/mol. The predicted octanol–water partition coefficient (Wildman–Crippen LogP) is 3.69. The maximum Gasteiger partial charge on any atom is 0.124 e. The molecule has 0 aliphatic heterocycles. The summed E-state index contributed by atoms with van der Waals surface area (Å²) in [6.07, 6.45) is 3.40. The Labute approximate surface area is 110 Å². The molecule has 19 heavy (non-hydrogen) atoms. The number of para-hydroxylation sites is 2. The number of phenols is 1. The Hall–Kier alpha value is -2.68. The Kier molecular flexibility index (Phi) is 2.94. The van der Waals surface area contributed by atoms with Crippen LogP contribution in [0, 0.1) is 0 Å². The maximum absolute atomic E-state index is 9.69. The van der Waals surface area contributed by atoms with E-state index in [9.17, 15) is 5.11 Å². The van der Waals surface area contributed by atoms with E-state index in [0.717, 1.165) is 16.6 Å². The summed E-state index contributed by atoms with van der Waals surface area (Å²) < 4.78 is 0. The number of benzene rings is 2. The van der Waals surface area contributed by atoms with Crippen molar-refractivity contribution in [2.24, 2.45) is 4.99 Å². The quantitative estimate of drug-likeness (QED) is 0.703. The van der Waals surface area contributed by atoms with E-state index in [1.54, 1.807) is 24.5 Å². The average molecular weight is 248 g/mol. The van der Waals surface area contributed by atoms with Crippen LogP contribution in [-0.4, -0.2) is 16.3 Å². The van der Waals surface area contributed by atoms with E-state index < -0.39 is 0 Å². The smallest absolute Gasteiger partial charge is 0.124 e. The van der Waals surface area contributed by atoms with Crippen LogP contribution in [0.1, 0.15) is 5.56 Å². The summed E-state index contributed by atoms with van der Waals surface area (Å²) in [7, 11) is 0. The summed E-state index contributed by atoms with van der Waals surface area (Å²) in [5, 5.41) is 10.7. The second-order valence-corrected chi connectivity index (χ2v) is 4.17. The summed E-state index contributed by atoms with van der Waals surface area (Å²) in [6.45, 7) is 0. The van der Waals surface area contributed by atoms with Gasteiger partial charge in [0.05, 0.1) is 11.2 Å². The summed E-state index contributed by atoms with van der Waals surface area (Å²) in [5.74, 6) is 0.222. The van der Waals surface area contributed by atoms with Crippen molar-refractivity contribution in [2.45, 2.75) is 0 Å². The summed E-state index contributed by atoms with van der Waals surface area (Å²) in [6, 6.07) is 16.9. The molecule has 0 fully saturated rings. The van der Waals surface area contributed by atoms with Crippen molar-refractivity contribution >= 4 is 22.8 Å². The molecule has 0 bridgehead atoms. The van der Waals surface area contributed by atoms with Gasteiger partial charge >= 0.3 is 0 Å². The molecule has 1 heterocycles. The van der Waals surface area contributed by atoms with Crippen LogP contribution >= 0.6 is 0 Å². The maximum atomic E-state index is 9.69. The van der Waals surface area contributed by atoms with Gasteiger partial charge in [0.1, 0.15) is 5.75 Å². The first-order valence-corrected chi connectivity index (χ1v) is 6.00. The molecule has 0 aliphatic carbocycles. The molecular formula is C16H12N2O. The number of aromatic nitrogens is 1. The van der Waals surface area contributed by atoms with Gasteiger partial charge in [-0.05, 0) is 24.3 Å². The van der Waals surface area contributed by atoms with Crippen LogP contribution in [0.15, 0.2) is 65.8 Å². The van der Waals surface area contributed by atoms with Crippen LogP contribution in [0.3, 0.4) is 0 Å². The van der Waals surface area contributed by atoms with E-state index in [-0.39, 0.29) is 5.75 Å². The van der Waals surface area contributed by atoms with Crippen molar-refractivity contribution in [3.05, 3.63) is 66.4 Å². The van der Waals surface area contributed by atoms with Crippen LogP contribution < -0.4 is 0 Å². The first-order valence-electron chi connectivity index (χ1n) is 6.00. The molecule has 3 nitrogen and oxygen atoms in total. The van der Waals surface area contributed by atoms with E-state index in [2.05, 4.69) is 9.98 Å². The molecule has 2 aromatic carbocycles. The lowest BCUT2D eigenvalue weighted by atomic mass is 10.2. The number of nitrogens with zero attached hydrogens (tertiary/aromatic N) is 2. The molecule has 1 N–H and O–H groups in total. The SMILES string of the molecule is Oc1ccccc1C=Nc1cccc2cccnc12. The van der Waals surface area contributed by atoms with Crippen molar-refractivity contribution in [1.29, 1.82) is 0 Å². The highest BCUT2D eigenvalue weighted by Gasteiger charge is 2.00. The Morgan fingerprint density at radius 3 is 2.68 bits per heavy atom. The van der Waals surface area contributed by atoms with Crippen molar-refractivity contribution in [1.82, 2.24) is 4.98 Å². The molecule has 0 saturated carbocycles. The van der Waals surface area contributed by atoms with Gasteiger partial charge in [-0.15, -0.1) is 0 Å². The van der Waals surface area contributed by atoms with E-state index >= 15 is 0 Å². The fraction of sp³-hybridized carbons (Fsp3) is 0. The van der Waals surface area contributed by atoms with Gasteiger partial charge in [-0.25, -0.2) is 0 Å². The normalized spacial score (nSPS) is 11.2. The average Bonchev–Trinajstić information content (AvgIpc) is 2.46. The molecule has 0 saturated heterocycles. The number of aromatic hydroxyl groups is 1. The van der Waals surface area contributed by atoms with Crippen LogP contribution in [0.4, 0.5) is 5.69 Å². The molecule has 0 spiro atoms. The third-order valence-electron chi connectivity index (χ3n) is 2.89. The topological polar surface area (TPSA) is 45.5 Å². The van der Waals surface area contributed by atoms with E-state index in [0.29, 0.717) is 5.56 Å². The fourth-order valence-corrected chi connectivity index (χ4v) is 1.93. The Morgan fingerprint density at radius 1 is 0.947 bits per heavy atom. The molecule has 0 aliphatic rings. The fourth-order valence-electron chi connectivity index (χ4n) is 1.93. The van der Waals surface area contributed by atoms with Gasteiger partial charge in [0.15, 0.2) is 0 Å². The van der Waals surface area contributed by atoms with Crippen molar-refractivity contribution in [3.63, 3.8) is 0 Å². The lowest BCUT2D eigenvalue weighted by molar-refractivity contribution is 0.474. The molecule has 92 valence electrons. The van der Waals surface area contributed by atoms with Gasteiger partial charge < -0.3 is 5.11 Å². The third-order valence-corrected chi connectivity index (χ3v) is 2.89. The number of hydrogen-bond acceptors (Lipinski definition) is 3. The zero-order chi connectivity index (χ0) is 13.1. The molecule has 0 radical (unpaired) electrons. The number of pyridine rings is 1. The number of fused-ring (bicyclic) bond motifs is 1. The predicted molar refractivity (Wildman–Crippen MR) is 77.1 cm³/mol. The Morgan fingerprint density at radius 2 is 1.79 bits per heavy atom. The standard InChI is InChI=1S/C16H12N2O/c19-15-9-2-1-5-13(15)11-18-14-8-3-6-12-7-4-10-17-16(12)14/h1-11,19H. The first-order chi connectivity index (χ1) is 9.34. The van der Waals surface area contributed by atoms with Gasteiger partial charge in [0, 0.05) is 23.4 Å². The molecular weight excluding hydrogens is 236 g/mol. The zero-order valence-corrected chi connectivity index (χ0v) is 10.2. The van der Waals surface area contributed by atoms with E-state index in [1.807, 2.05) is 42.5 Å². The number of phenolic OH excluding ortho intramolecular Hbond substituents is 1. The second-order valence-electron chi connectivity index (χ2n) is 4.17. The Balaban J connectivity index is 2.04. The minimum Gasteiger partial charge on any atom is -0.507 e. The van der Waals surface area contributed by atoms with Crippen LogP contribution in [0.2, 0.25) is 0 Å². The first kappa shape index (κ1) is 11.4. The minimum atomic E-state index is 0.222. The van der Waals surface area contributed by atoms with Crippen molar-refractivity contribution in [2.75, 3.05) is 0 Å². The highest BCUT2D eigenvalue weighted by molar-refractivity contribution is 5.93. The highest BCUT2D eigenvalue weighted by Crippen LogP contribution is 2.24. The van der Waals surface area contributed by atoms with Gasteiger partial charge in [-0.3, -0.25) is 9.98 Å². The molecule has 3 aromatic rings. The van der Waals surface area contributed by atoms with Gasteiger partial charge in [-0.1, -0.05) is 30.3 Å². The minimum absolute atomic E-state index is 0.222. The summed E-state index contributed by atoms with van der Waals surface area (Å²) in [5.41, 5.74) is 2.34. The molecule has 0 atom stereocenters. The third kappa shape index (κ3) is 2.31. The molecule has 1 aromatic heterocycles. The number of rotatable bonds is 2. The van der Waals surface area contributed by atoms with E-state index in [1.165, 1.54) is 0 Å². The lowest BCUT2D eigenvalue weighted by Gasteiger charge is -2.01. The molecule has 3 rings (SSSR count). The van der Waals surface area contributed by atoms with Crippen LogP contribution in [0.5, 0.6) is 5.75 Å². The highest BCUT2D eigenvalue weighted by atomic mass is 16.3. The van der Waals surface area contributed by atoms with Crippen molar-refractivity contribution < 1.29 is 5.11 Å². The zero-order valence-electron chi connectivity index (χ0n) is 10.2. The number of hydrogen-bond donors (Lipinski definition) is 1. The van der Waals surface area contributed by atoms with Crippen molar-refractivity contribution in [3.8, 4) is 5.75 Å². The molecule has 3 heteroatoms. The lowest BCUT2D eigenvalue weighted by Crippen LogP contribution is -1.82. The Bertz CT molecular complexity index is 745. The van der Waals surface area contributed by atoms with Crippen LogP contribution in [0.25, 0.3) is 10.9 Å². The second kappa shape index (κ2) is 4.90. The molecule has 0 unspecified atom stereocenters. The summed E-state index contributed by atoms with van der Waals surface area (Å²) in [4.78, 5) is 8.76. The van der Waals surface area contributed by atoms with Gasteiger partial charge in [0.25, 0.3) is 0 Å². The van der Waals surface area contributed by atoms with Gasteiger partial charge in [0.2, 0.25) is 0 Å².